The van der Waals surface area contributed by atoms with E-state index in [2.05, 4.69) is 47.1 Å². The van der Waals surface area contributed by atoms with Crippen LogP contribution in [0.3, 0.4) is 0 Å². The Balaban J connectivity index is 1.77. The summed E-state index contributed by atoms with van der Waals surface area (Å²) in [6.45, 7) is 6.16. The van der Waals surface area contributed by atoms with E-state index in [1.54, 1.807) is 31.5 Å². The summed E-state index contributed by atoms with van der Waals surface area (Å²) in [5, 5.41) is 4.13. The molecule has 0 radical (unpaired) electrons. The van der Waals surface area contributed by atoms with Gasteiger partial charge >= 0.3 is 0 Å². The molecule has 0 aliphatic rings. The number of carbonyl (C=O) groups is 1. The average Bonchev–Trinajstić information content (AvgIpc) is 3.00. The zero-order valence-electron chi connectivity index (χ0n) is 17.3. The van der Waals surface area contributed by atoms with Crippen LogP contribution in [0.5, 0.6) is 11.5 Å². The normalized spacial score (nSPS) is 10.9. The highest BCUT2D eigenvalue weighted by molar-refractivity contribution is 5.95. The number of methoxy groups -OCH3 is 2. The second-order valence-corrected chi connectivity index (χ2v) is 6.77. The van der Waals surface area contributed by atoms with Crippen molar-refractivity contribution in [3.05, 3.63) is 76.6 Å². The quantitative estimate of drug-likeness (QED) is 0.506. The van der Waals surface area contributed by atoms with Crippen molar-refractivity contribution in [2.45, 2.75) is 20.8 Å². The minimum atomic E-state index is -0.324. The summed E-state index contributed by atoms with van der Waals surface area (Å²) in [7, 11) is 3.08. The Morgan fingerprint density at radius 3 is 2.45 bits per heavy atom. The molecule has 6 heteroatoms. The van der Waals surface area contributed by atoms with E-state index in [4.69, 9.17) is 9.47 Å². The Morgan fingerprint density at radius 1 is 1.00 bits per heavy atom. The SMILES string of the molecule is COc1ccc(C(=O)N/N=C\c2cc(C)n(-c3cccc(C)c3)c2C)cc1OC. The van der Waals surface area contributed by atoms with Gasteiger partial charge in [0.1, 0.15) is 0 Å². The number of aromatic nitrogens is 1. The number of aryl methyl sites for hydroxylation is 2. The summed E-state index contributed by atoms with van der Waals surface area (Å²) in [6, 6.07) is 15.3. The van der Waals surface area contributed by atoms with Gasteiger partial charge in [-0.15, -0.1) is 0 Å². The molecule has 0 atom stereocenters. The monoisotopic (exact) mass is 391 g/mol. The second kappa shape index (κ2) is 8.65. The van der Waals surface area contributed by atoms with Crippen molar-refractivity contribution in [1.29, 1.82) is 0 Å². The van der Waals surface area contributed by atoms with Gasteiger partial charge in [-0.25, -0.2) is 5.43 Å². The molecule has 0 saturated carbocycles. The maximum Gasteiger partial charge on any atom is 0.271 e. The van der Waals surface area contributed by atoms with Crippen LogP contribution in [0.1, 0.15) is 32.9 Å². The molecule has 2 aromatic carbocycles. The largest absolute Gasteiger partial charge is 0.493 e. The van der Waals surface area contributed by atoms with E-state index >= 15 is 0 Å². The van der Waals surface area contributed by atoms with E-state index in [0.29, 0.717) is 17.1 Å². The second-order valence-electron chi connectivity index (χ2n) is 6.77. The van der Waals surface area contributed by atoms with E-state index < -0.39 is 0 Å². The van der Waals surface area contributed by atoms with Crippen molar-refractivity contribution < 1.29 is 14.3 Å². The fourth-order valence-corrected chi connectivity index (χ4v) is 3.29. The highest BCUT2D eigenvalue weighted by Gasteiger charge is 2.11. The van der Waals surface area contributed by atoms with Crippen LogP contribution >= 0.6 is 0 Å². The van der Waals surface area contributed by atoms with Gasteiger partial charge in [-0.2, -0.15) is 5.10 Å². The molecule has 0 aliphatic carbocycles. The van der Waals surface area contributed by atoms with E-state index in [1.807, 2.05) is 19.1 Å². The van der Waals surface area contributed by atoms with Crippen LogP contribution in [-0.2, 0) is 0 Å². The molecule has 150 valence electrons. The molecule has 1 heterocycles. The number of nitrogens with zero attached hydrogens (tertiary/aromatic N) is 2. The van der Waals surface area contributed by atoms with Crippen molar-refractivity contribution >= 4 is 12.1 Å². The lowest BCUT2D eigenvalue weighted by Gasteiger charge is -2.10. The van der Waals surface area contributed by atoms with Crippen LogP contribution in [0.4, 0.5) is 0 Å². The molecule has 1 amide bonds. The zero-order chi connectivity index (χ0) is 21.0. The molecule has 1 N–H and O–H groups in total. The molecule has 3 rings (SSSR count). The average molecular weight is 391 g/mol. The summed E-state index contributed by atoms with van der Waals surface area (Å²) in [5.74, 6) is 0.733. The summed E-state index contributed by atoms with van der Waals surface area (Å²) >= 11 is 0. The number of nitrogens with one attached hydrogen (secondary N) is 1. The third kappa shape index (κ3) is 4.32. The molecule has 3 aromatic rings. The van der Waals surface area contributed by atoms with Gasteiger partial charge in [-0.05, 0) is 62.7 Å². The van der Waals surface area contributed by atoms with Gasteiger partial charge in [0, 0.05) is 28.2 Å². The van der Waals surface area contributed by atoms with Crippen LogP contribution in [0.15, 0.2) is 53.6 Å². The zero-order valence-corrected chi connectivity index (χ0v) is 17.3. The molecule has 6 nitrogen and oxygen atoms in total. The lowest BCUT2D eigenvalue weighted by atomic mass is 10.2. The number of carbonyl (C=O) groups excluding carboxylic acids is 1. The molecular formula is C23H25N3O3. The molecular weight excluding hydrogens is 366 g/mol. The molecule has 0 spiro atoms. The summed E-state index contributed by atoms with van der Waals surface area (Å²) in [5.41, 5.74) is 8.40. The van der Waals surface area contributed by atoms with Crippen LogP contribution < -0.4 is 14.9 Å². The fraction of sp³-hybridized carbons (Fsp3) is 0.217. The minimum Gasteiger partial charge on any atom is -0.493 e. The Hall–Kier alpha value is -3.54. The number of benzene rings is 2. The van der Waals surface area contributed by atoms with E-state index in [9.17, 15) is 4.79 Å². The first kappa shape index (κ1) is 20.2. The smallest absolute Gasteiger partial charge is 0.271 e. The third-order valence-electron chi connectivity index (χ3n) is 4.75. The number of rotatable bonds is 6. The van der Waals surface area contributed by atoms with Crippen LogP contribution in [-0.4, -0.2) is 30.9 Å². The Kier molecular flexibility index (Phi) is 6.02. The van der Waals surface area contributed by atoms with Gasteiger partial charge in [0.05, 0.1) is 20.4 Å². The standard InChI is InChI=1S/C23H25N3O3/c1-15-7-6-8-20(11-15)26-16(2)12-19(17(26)3)14-24-25-23(27)18-9-10-21(28-4)22(13-18)29-5/h6-14H,1-5H3,(H,25,27)/b24-14-. The van der Waals surface area contributed by atoms with E-state index in [0.717, 1.165) is 22.6 Å². The highest BCUT2D eigenvalue weighted by Crippen LogP contribution is 2.27. The Labute approximate surface area is 170 Å². The molecule has 1 aromatic heterocycles. The topological polar surface area (TPSA) is 64.8 Å². The van der Waals surface area contributed by atoms with Crippen molar-refractivity contribution in [2.75, 3.05) is 14.2 Å². The number of ether oxygens (including phenoxy) is 2. The first-order valence-corrected chi connectivity index (χ1v) is 9.26. The molecule has 0 unspecified atom stereocenters. The van der Waals surface area contributed by atoms with Crippen molar-refractivity contribution in [3.63, 3.8) is 0 Å². The lowest BCUT2D eigenvalue weighted by molar-refractivity contribution is 0.0954. The van der Waals surface area contributed by atoms with Crippen molar-refractivity contribution in [2.24, 2.45) is 5.10 Å². The predicted octanol–water partition coefficient (Wildman–Crippen LogP) is 4.18. The van der Waals surface area contributed by atoms with Gasteiger partial charge in [0.15, 0.2) is 11.5 Å². The van der Waals surface area contributed by atoms with Gasteiger partial charge in [-0.1, -0.05) is 12.1 Å². The number of hydrazone groups is 1. The van der Waals surface area contributed by atoms with Crippen LogP contribution in [0, 0.1) is 20.8 Å². The van der Waals surface area contributed by atoms with Gasteiger partial charge in [-0.3, -0.25) is 4.79 Å². The summed E-state index contributed by atoms with van der Waals surface area (Å²) < 4.78 is 12.6. The number of hydrogen-bond acceptors (Lipinski definition) is 4. The number of hydrogen-bond donors (Lipinski definition) is 1. The first-order valence-electron chi connectivity index (χ1n) is 9.26. The minimum absolute atomic E-state index is 0.324. The third-order valence-corrected chi connectivity index (χ3v) is 4.75. The maximum atomic E-state index is 12.4. The first-order chi connectivity index (χ1) is 13.9. The van der Waals surface area contributed by atoms with Crippen molar-refractivity contribution in [1.82, 2.24) is 9.99 Å². The maximum absolute atomic E-state index is 12.4. The molecule has 29 heavy (non-hydrogen) atoms. The Bertz CT molecular complexity index is 1070. The van der Waals surface area contributed by atoms with E-state index in [1.165, 1.54) is 12.7 Å². The summed E-state index contributed by atoms with van der Waals surface area (Å²) in [6.07, 6.45) is 1.66. The predicted molar refractivity (Wildman–Crippen MR) is 115 cm³/mol. The Morgan fingerprint density at radius 2 is 1.76 bits per heavy atom. The molecule has 0 fully saturated rings. The van der Waals surface area contributed by atoms with Gasteiger partial charge in [0.2, 0.25) is 0 Å². The van der Waals surface area contributed by atoms with Crippen LogP contribution in [0.25, 0.3) is 5.69 Å². The molecule has 0 aliphatic heterocycles. The van der Waals surface area contributed by atoms with Gasteiger partial charge in [0.25, 0.3) is 5.91 Å². The number of amides is 1. The van der Waals surface area contributed by atoms with Crippen molar-refractivity contribution in [3.8, 4) is 17.2 Å². The lowest BCUT2D eigenvalue weighted by Crippen LogP contribution is -2.17. The fourth-order valence-electron chi connectivity index (χ4n) is 3.29. The highest BCUT2D eigenvalue weighted by atomic mass is 16.5. The van der Waals surface area contributed by atoms with Gasteiger partial charge < -0.3 is 14.0 Å². The summed E-state index contributed by atoms with van der Waals surface area (Å²) in [4.78, 5) is 12.4. The molecule has 0 bridgehead atoms. The molecule has 0 saturated heterocycles. The van der Waals surface area contributed by atoms with Crippen LogP contribution in [0.2, 0.25) is 0 Å². The van der Waals surface area contributed by atoms with E-state index in [-0.39, 0.29) is 5.91 Å².